The third kappa shape index (κ3) is 1.54. The summed E-state index contributed by atoms with van der Waals surface area (Å²) >= 11 is 0. The predicted octanol–water partition coefficient (Wildman–Crippen LogP) is -2.08. The molecule has 1 saturated carbocycles. The molecule has 2 bridgehead atoms. The van der Waals surface area contributed by atoms with Crippen molar-refractivity contribution in [3.63, 3.8) is 0 Å². The molecular formula is C8H14O6. The molecule has 1 aliphatic carbocycles. The van der Waals surface area contributed by atoms with Crippen molar-refractivity contribution < 1.29 is 29.9 Å². The van der Waals surface area contributed by atoms with Crippen LogP contribution in [-0.2, 0) is 9.47 Å². The van der Waals surface area contributed by atoms with Gasteiger partial charge in [-0.25, -0.2) is 0 Å². The van der Waals surface area contributed by atoms with Crippen LogP contribution in [0.5, 0.6) is 0 Å². The monoisotopic (exact) mass is 206 g/mol. The molecule has 0 aromatic rings. The molecule has 82 valence electrons. The number of hydrogen-bond donors (Lipinski definition) is 4. The van der Waals surface area contributed by atoms with E-state index in [1.165, 1.54) is 6.92 Å². The minimum atomic E-state index is -1.86. The minimum Gasteiger partial charge on any atom is -0.390 e. The van der Waals surface area contributed by atoms with Gasteiger partial charge in [0.15, 0.2) is 0 Å². The van der Waals surface area contributed by atoms with Crippen LogP contribution in [0.3, 0.4) is 0 Å². The van der Waals surface area contributed by atoms with Gasteiger partial charge in [0.1, 0.15) is 18.3 Å². The standard InChI is InChI=1S/C8H14O6/c1-8(12)13-6-3(9)2-4(10)7(14-8)5(6)11/h3-7,9-12H,2H2,1H3/t3-,4?,5?,6?,7+,8?/m0/s1. The maximum Gasteiger partial charge on any atom is 0.278 e. The maximum atomic E-state index is 9.58. The van der Waals surface area contributed by atoms with Crippen LogP contribution in [0.1, 0.15) is 13.3 Å². The highest BCUT2D eigenvalue weighted by Crippen LogP contribution is 2.34. The van der Waals surface area contributed by atoms with Gasteiger partial charge < -0.3 is 29.9 Å². The van der Waals surface area contributed by atoms with E-state index in [1.54, 1.807) is 0 Å². The van der Waals surface area contributed by atoms with E-state index in [0.29, 0.717) is 0 Å². The number of fused-ring (bicyclic) bond motifs is 2. The van der Waals surface area contributed by atoms with Crippen LogP contribution in [0.15, 0.2) is 0 Å². The van der Waals surface area contributed by atoms with Crippen molar-refractivity contribution in [1.82, 2.24) is 0 Å². The van der Waals surface area contributed by atoms with E-state index in [1.807, 2.05) is 0 Å². The summed E-state index contributed by atoms with van der Waals surface area (Å²) in [6.45, 7) is 1.25. The van der Waals surface area contributed by atoms with Gasteiger partial charge in [0.05, 0.1) is 12.2 Å². The van der Waals surface area contributed by atoms with E-state index in [0.717, 1.165) is 0 Å². The summed E-state index contributed by atoms with van der Waals surface area (Å²) in [4.78, 5) is 0. The van der Waals surface area contributed by atoms with E-state index < -0.39 is 36.5 Å². The smallest absolute Gasteiger partial charge is 0.278 e. The first kappa shape index (κ1) is 10.3. The van der Waals surface area contributed by atoms with Gasteiger partial charge in [0.25, 0.3) is 5.97 Å². The van der Waals surface area contributed by atoms with Gasteiger partial charge >= 0.3 is 0 Å². The maximum absolute atomic E-state index is 9.58. The first-order valence-electron chi connectivity index (χ1n) is 4.53. The molecule has 1 saturated heterocycles. The molecule has 2 aliphatic rings. The number of aliphatic hydroxyl groups is 4. The van der Waals surface area contributed by atoms with Crippen molar-refractivity contribution in [2.75, 3.05) is 0 Å². The molecule has 14 heavy (non-hydrogen) atoms. The number of hydrogen-bond acceptors (Lipinski definition) is 6. The second-order valence-corrected chi connectivity index (χ2v) is 3.92. The van der Waals surface area contributed by atoms with Crippen LogP contribution in [0.4, 0.5) is 0 Å². The van der Waals surface area contributed by atoms with Crippen molar-refractivity contribution >= 4 is 0 Å². The lowest BCUT2D eigenvalue weighted by Crippen LogP contribution is -2.66. The molecule has 6 atom stereocenters. The molecule has 2 fully saturated rings. The zero-order valence-corrected chi connectivity index (χ0v) is 7.70. The SMILES string of the molecule is CC1(O)OC2C(O)[C@H](O1)C(O)C[C@@H]2O. The first-order valence-corrected chi connectivity index (χ1v) is 4.53. The van der Waals surface area contributed by atoms with Crippen molar-refractivity contribution in [3.05, 3.63) is 0 Å². The van der Waals surface area contributed by atoms with E-state index in [4.69, 9.17) is 9.47 Å². The van der Waals surface area contributed by atoms with Crippen LogP contribution >= 0.6 is 0 Å². The van der Waals surface area contributed by atoms with Crippen molar-refractivity contribution in [3.8, 4) is 0 Å². The lowest BCUT2D eigenvalue weighted by atomic mass is 9.86. The second kappa shape index (κ2) is 3.13. The largest absolute Gasteiger partial charge is 0.390 e. The molecule has 4 N–H and O–H groups in total. The van der Waals surface area contributed by atoms with Crippen molar-refractivity contribution in [2.24, 2.45) is 0 Å². The van der Waals surface area contributed by atoms with Gasteiger partial charge in [-0.15, -0.1) is 0 Å². The molecule has 0 spiro atoms. The fourth-order valence-electron chi connectivity index (χ4n) is 1.99. The van der Waals surface area contributed by atoms with Crippen LogP contribution in [0.25, 0.3) is 0 Å². The van der Waals surface area contributed by atoms with Gasteiger partial charge in [-0.3, -0.25) is 0 Å². The summed E-state index contributed by atoms with van der Waals surface area (Å²) < 4.78 is 9.88. The topological polar surface area (TPSA) is 99.4 Å². The summed E-state index contributed by atoms with van der Waals surface area (Å²) in [6, 6.07) is 0. The Hall–Kier alpha value is -0.240. The number of ether oxygens (including phenoxy) is 2. The highest BCUT2D eigenvalue weighted by atomic mass is 16.8. The van der Waals surface area contributed by atoms with E-state index in [-0.39, 0.29) is 6.42 Å². The average Bonchev–Trinajstić information content (AvgIpc) is 2.05. The molecule has 0 aromatic heterocycles. The van der Waals surface area contributed by atoms with Gasteiger partial charge in [-0.1, -0.05) is 0 Å². The number of aliphatic hydroxyl groups excluding tert-OH is 3. The molecule has 6 nitrogen and oxygen atoms in total. The van der Waals surface area contributed by atoms with Gasteiger partial charge in [0, 0.05) is 13.3 Å². The average molecular weight is 206 g/mol. The zero-order chi connectivity index (χ0) is 10.5. The van der Waals surface area contributed by atoms with Crippen LogP contribution in [0.2, 0.25) is 0 Å². The van der Waals surface area contributed by atoms with Crippen LogP contribution < -0.4 is 0 Å². The Labute approximate surface area is 80.7 Å². The molecule has 1 aliphatic heterocycles. The molecule has 1 heterocycles. The lowest BCUT2D eigenvalue weighted by Gasteiger charge is -2.49. The molecule has 4 unspecified atom stereocenters. The second-order valence-electron chi connectivity index (χ2n) is 3.92. The minimum absolute atomic E-state index is 0.0719. The van der Waals surface area contributed by atoms with Gasteiger partial charge in [-0.05, 0) is 0 Å². The van der Waals surface area contributed by atoms with Gasteiger partial charge in [-0.2, -0.15) is 0 Å². The Kier molecular flexibility index (Phi) is 2.30. The normalized spacial score (nSPS) is 58.5. The van der Waals surface area contributed by atoms with Crippen LogP contribution in [0, 0.1) is 0 Å². The fraction of sp³-hybridized carbons (Fsp3) is 1.00. The quantitative estimate of drug-likeness (QED) is 0.363. The highest BCUT2D eigenvalue weighted by Gasteiger charge is 2.53. The first-order chi connectivity index (χ1) is 6.41. The Bertz CT molecular complexity index is 210. The van der Waals surface area contributed by atoms with E-state index in [2.05, 4.69) is 0 Å². The molecule has 6 heteroatoms. The summed E-state index contributed by atoms with van der Waals surface area (Å²) in [5, 5.41) is 38.0. The summed E-state index contributed by atoms with van der Waals surface area (Å²) in [5.74, 6) is -1.86. The molecule has 0 amide bonds. The third-order valence-electron chi connectivity index (χ3n) is 2.62. The third-order valence-corrected chi connectivity index (χ3v) is 2.62. The summed E-state index contributed by atoms with van der Waals surface area (Å²) in [5.41, 5.74) is 0. The molecule has 0 radical (unpaired) electrons. The van der Waals surface area contributed by atoms with Crippen molar-refractivity contribution in [2.45, 2.75) is 49.8 Å². The van der Waals surface area contributed by atoms with E-state index >= 15 is 0 Å². The Balaban J connectivity index is 2.23. The fourth-order valence-corrected chi connectivity index (χ4v) is 1.99. The molecule has 0 aromatic carbocycles. The number of rotatable bonds is 0. The Morgan fingerprint density at radius 3 is 1.93 bits per heavy atom. The van der Waals surface area contributed by atoms with E-state index in [9.17, 15) is 20.4 Å². The predicted molar refractivity (Wildman–Crippen MR) is 43.0 cm³/mol. The summed E-state index contributed by atoms with van der Waals surface area (Å²) in [7, 11) is 0. The molecule has 2 rings (SSSR count). The summed E-state index contributed by atoms with van der Waals surface area (Å²) in [6.07, 6.45) is -4.85. The highest BCUT2D eigenvalue weighted by molar-refractivity contribution is 4.97. The Morgan fingerprint density at radius 2 is 1.50 bits per heavy atom. The van der Waals surface area contributed by atoms with Crippen LogP contribution in [-0.4, -0.2) is 56.9 Å². The Morgan fingerprint density at radius 1 is 1.07 bits per heavy atom. The lowest BCUT2D eigenvalue weighted by molar-refractivity contribution is -0.450. The van der Waals surface area contributed by atoms with Crippen molar-refractivity contribution in [1.29, 1.82) is 0 Å². The van der Waals surface area contributed by atoms with Gasteiger partial charge in [0.2, 0.25) is 0 Å². The zero-order valence-electron chi connectivity index (χ0n) is 7.70. The molecular weight excluding hydrogens is 192 g/mol.